The van der Waals surface area contributed by atoms with E-state index in [9.17, 15) is 0 Å². The Hall–Kier alpha value is -1.84. The molecule has 0 aliphatic carbocycles. The quantitative estimate of drug-likeness (QED) is 0.816. The van der Waals surface area contributed by atoms with Gasteiger partial charge in [-0.15, -0.1) is 0 Å². The SMILES string of the molecule is CCC(C)[C@@H](c1ccccc1OCc1ccccc1)N1CCNCC1. The van der Waals surface area contributed by atoms with Gasteiger partial charge < -0.3 is 10.1 Å². The molecule has 1 aliphatic heterocycles. The Balaban J connectivity index is 1.82. The van der Waals surface area contributed by atoms with Crippen molar-refractivity contribution in [2.24, 2.45) is 5.92 Å². The number of nitrogens with zero attached hydrogens (tertiary/aromatic N) is 1. The normalized spacial score (nSPS) is 17.8. The number of para-hydroxylation sites is 1. The summed E-state index contributed by atoms with van der Waals surface area (Å²) in [7, 11) is 0. The minimum Gasteiger partial charge on any atom is -0.489 e. The molecule has 3 nitrogen and oxygen atoms in total. The lowest BCUT2D eigenvalue weighted by Gasteiger charge is -2.39. The number of hydrogen-bond acceptors (Lipinski definition) is 3. The van der Waals surface area contributed by atoms with Crippen molar-refractivity contribution in [3.8, 4) is 5.75 Å². The Labute approximate surface area is 152 Å². The van der Waals surface area contributed by atoms with Gasteiger partial charge in [-0.05, 0) is 17.5 Å². The molecule has 134 valence electrons. The second kappa shape index (κ2) is 9.02. The number of hydrogen-bond donors (Lipinski definition) is 1. The number of piperazine rings is 1. The van der Waals surface area contributed by atoms with E-state index in [1.807, 2.05) is 6.07 Å². The van der Waals surface area contributed by atoms with Gasteiger partial charge in [-0.3, -0.25) is 4.90 Å². The lowest BCUT2D eigenvalue weighted by molar-refractivity contribution is 0.125. The van der Waals surface area contributed by atoms with Crippen LogP contribution >= 0.6 is 0 Å². The van der Waals surface area contributed by atoms with Crippen molar-refractivity contribution in [3.05, 3.63) is 65.7 Å². The molecule has 1 heterocycles. The molecule has 1 unspecified atom stereocenters. The second-order valence-corrected chi connectivity index (χ2v) is 6.93. The summed E-state index contributed by atoms with van der Waals surface area (Å²) in [6, 6.07) is 19.4. The van der Waals surface area contributed by atoms with E-state index in [0.29, 0.717) is 18.6 Å². The van der Waals surface area contributed by atoms with Crippen molar-refractivity contribution >= 4 is 0 Å². The van der Waals surface area contributed by atoms with Crippen LogP contribution in [-0.4, -0.2) is 31.1 Å². The van der Waals surface area contributed by atoms with Gasteiger partial charge >= 0.3 is 0 Å². The summed E-state index contributed by atoms with van der Waals surface area (Å²) in [5.74, 6) is 1.62. The highest BCUT2D eigenvalue weighted by Crippen LogP contribution is 2.36. The number of ether oxygens (including phenoxy) is 1. The fraction of sp³-hybridized carbons (Fsp3) is 0.455. The smallest absolute Gasteiger partial charge is 0.124 e. The van der Waals surface area contributed by atoms with Crippen LogP contribution in [0.2, 0.25) is 0 Å². The molecular formula is C22H30N2O. The third-order valence-corrected chi connectivity index (χ3v) is 5.20. The van der Waals surface area contributed by atoms with Crippen LogP contribution in [0.1, 0.15) is 37.4 Å². The van der Waals surface area contributed by atoms with Crippen molar-refractivity contribution in [2.75, 3.05) is 26.2 Å². The van der Waals surface area contributed by atoms with Crippen molar-refractivity contribution in [1.82, 2.24) is 10.2 Å². The molecule has 1 fully saturated rings. The number of rotatable bonds is 7. The first-order chi connectivity index (χ1) is 12.3. The van der Waals surface area contributed by atoms with Gasteiger partial charge in [0.1, 0.15) is 12.4 Å². The third-order valence-electron chi connectivity index (χ3n) is 5.20. The molecule has 2 aromatic rings. The minimum absolute atomic E-state index is 0.416. The monoisotopic (exact) mass is 338 g/mol. The molecule has 2 atom stereocenters. The lowest BCUT2D eigenvalue weighted by atomic mass is 9.90. The topological polar surface area (TPSA) is 24.5 Å². The van der Waals surface area contributed by atoms with Crippen LogP contribution in [0, 0.1) is 5.92 Å². The average molecular weight is 338 g/mol. The summed E-state index contributed by atoms with van der Waals surface area (Å²) in [4.78, 5) is 2.62. The van der Waals surface area contributed by atoms with Crippen LogP contribution in [0.25, 0.3) is 0 Å². The highest BCUT2D eigenvalue weighted by atomic mass is 16.5. The van der Waals surface area contributed by atoms with Crippen LogP contribution in [0.3, 0.4) is 0 Å². The predicted octanol–water partition coefficient (Wildman–Crippen LogP) is 4.26. The lowest BCUT2D eigenvalue weighted by Crippen LogP contribution is -2.46. The minimum atomic E-state index is 0.416. The maximum Gasteiger partial charge on any atom is 0.124 e. The molecule has 0 amide bonds. The van der Waals surface area contributed by atoms with E-state index in [4.69, 9.17) is 4.74 Å². The van der Waals surface area contributed by atoms with E-state index in [-0.39, 0.29) is 0 Å². The van der Waals surface area contributed by atoms with Gasteiger partial charge in [0, 0.05) is 37.8 Å². The van der Waals surface area contributed by atoms with Gasteiger partial charge in [0.05, 0.1) is 0 Å². The molecule has 0 saturated carbocycles. The van der Waals surface area contributed by atoms with E-state index in [0.717, 1.165) is 31.9 Å². The van der Waals surface area contributed by atoms with Crippen molar-refractivity contribution in [2.45, 2.75) is 32.9 Å². The van der Waals surface area contributed by atoms with Gasteiger partial charge in [-0.25, -0.2) is 0 Å². The zero-order valence-corrected chi connectivity index (χ0v) is 15.4. The molecule has 0 bridgehead atoms. The Kier molecular flexibility index (Phi) is 6.48. The molecule has 2 aromatic carbocycles. The van der Waals surface area contributed by atoms with E-state index in [1.54, 1.807) is 0 Å². The van der Waals surface area contributed by atoms with Gasteiger partial charge in [0.25, 0.3) is 0 Å². The van der Waals surface area contributed by atoms with Gasteiger partial charge in [0.2, 0.25) is 0 Å². The summed E-state index contributed by atoms with van der Waals surface area (Å²) >= 11 is 0. The first-order valence-corrected chi connectivity index (χ1v) is 9.50. The molecule has 3 heteroatoms. The molecule has 1 saturated heterocycles. The Bertz CT molecular complexity index is 637. The molecular weight excluding hydrogens is 308 g/mol. The predicted molar refractivity (Wildman–Crippen MR) is 104 cm³/mol. The largest absolute Gasteiger partial charge is 0.489 e. The maximum absolute atomic E-state index is 6.25. The van der Waals surface area contributed by atoms with E-state index < -0.39 is 0 Å². The van der Waals surface area contributed by atoms with Crippen LogP contribution in [0.4, 0.5) is 0 Å². The van der Waals surface area contributed by atoms with E-state index >= 15 is 0 Å². The molecule has 0 radical (unpaired) electrons. The zero-order valence-electron chi connectivity index (χ0n) is 15.4. The molecule has 1 N–H and O–H groups in total. The second-order valence-electron chi connectivity index (χ2n) is 6.93. The van der Waals surface area contributed by atoms with Gasteiger partial charge in [-0.2, -0.15) is 0 Å². The molecule has 1 aliphatic rings. The summed E-state index contributed by atoms with van der Waals surface area (Å²) in [5, 5.41) is 3.47. The summed E-state index contributed by atoms with van der Waals surface area (Å²) in [6.45, 7) is 9.60. The molecule has 0 spiro atoms. The first-order valence-electron chi connectivity index (χ1n) is 9.50. The number of nitrogens with one attached hydrogen (secondary N) is 1. The molecule has 3 rings (SSSR count). The standard InChI is InChI=1S/C22H30N2O/c1-3-18(2)22(24-15-13-23-14-16-24)20-11-7-8-12-21(20)25-17-19-9-5-4-6-10-19/h4-12,18,22-23H,3,13-17H2,1-2H3/t18?,22-/m0/s1. The average Bonchev–Trinajstić information content (AvgIpc) is 2.69. The summed E-state index contributed by atoms with van der Waals surface area (Å²) < 4.78 is 6.25. The fourth-order valence-electron chi connectivity index (χ4n) is 3.64. The highest BCUT2D eigenvalue weighted by molar-refractivity contribution is 5.37. The van der Waals surface area contributed by atoms with E-state index in [2.05, 4.69) is 72.6 Å². The van der Waals surface area contributed by atoms with Crippen molar-refractivity contribution in [1.29, 1.82) is 0 Å². The number of benzene rings is 2. The fourth-order valence-corrected chi connectivity index (χ4v) is 3.64. The molecule has 25 heavy (non-hydrogen) atoms. The summed E-state index contributed by atoms with van der Waals surface area (Å²) in [6.07, 6.45) is 1.17. The summed E-state index contributed by atoms with van der Waals surface area (Å²) in [5.41, 5.74) is 2.54. The van der Waals surface area contributed by atoms with Crippen LogP contribution in [-0.2, 0) is 6.61 Å². The Morgan fingerprint density at radius 3 is 2.40 bits per heavy atom. The van der Waals surface area contributed by atoms with E-state index in [1.165, 1.54) is 17.5 Å². The van der Waals surface area contributed by atoms with Crippen LogP contribution in [0.15, 0.2) is 54.6 Å². The Morgan fingerprint density at radius 1 is 1.00 bits per heavy atom. The van der Waals surface area contributed by atoms with Gasteiger partial charge in [-0.1, -0.05) is 68.8 Å². The third kappa shape index (κ3) is 4.62. The zero-order chi connectivity index (χ0) is 17.5. The first kappa shape index (κ1) is 18.0. The van der Waals surface area contributed by atoms with Crippen molar-refractivity contribution in [3.63, 3.8) is 0 Å². The van der Waals surface area contributed by atoms with Crippen LogP contribution in [0.5, 0.6) is 5.75 Å². The highest BCUT2D eigenvalue weighted by Gasteiger charge is 2.28. The van der Waals surface area contributed by atoms with Gasteiger partial charge in [0.15, 0.2) is 0 Å². The maximum atomic E-state index is 6.25. The Morgan fingerprint density at radius 2 is 1.68 bits per heavy atom. The van der Waals surface area contributed by atoms with Crippen LogP contribution < -0.4 is 10.1 Å². The molecule has 0 aromatic heterocycles. The van der Waals surface area contributed by atoms with Crippen molar-refractivity contribution < 1.29 is 4.74 Å².